The predicted octanol–water partition coefficient (Wildman–Crippen LogP) is 3.96. The maximum Gasteiger partial charge on any atom is 0.180 e. The van der Waals surface area contributed by atoms with Crippen LogP contribution in [0.4, 0.5) is 0 Å². The predicted molar refractivity (Wildman–Crippen MR) is 87.5 cm³/mol. The van der Waals surface area contributed by atoms with Crippen LogP contribution in [0.3, 0.4) is 0 Å². The molecular formula is C18H18N2O2. The number of aromatic nitrogens is 2. The van der Waals surface area contributed by atoms with Crippen LogP contribution in [0.5, 0.6) is 11.5 Å². The molecule has 0 aliphatic heterocycles. The molecule has 0 atom stereocenters. The summed E-state index contributed by atoms with van der Waals surface area (Å²) in [6.07, 6.45) is 3.94. The van der Waals surface area contributed by atoms with Crippen LogP contribution in [0.1, 0.15) is 6.92 Å². The number of rotatable bonds is 5. The maximum atomic E-state index is 5.61. The average molecular weight is 294 g/mol. The van der Waals surface area contributed by atoms with E-state index in [1.54, 1.807) is 7.11 Å². The zero-order chi connectivity index (χ0) is 15.5. The molecule has 112 valence electrons. The smallest absolute Gasteiger partial charge is 0.180 e. The number of ether oxygens (including phenoxy) is 2. The first-order valence-electron chi connectivity index (χ1n) is 7.06. The summed E-state index contributed by atoms with van der Waals surface area (Å²) in [4.78, 5) is 4.64. The first-order valence-corrected chi connectivity index (χ1v) is 7.06. The SMILES string of the molecule is C=C(C)COc1ccc(-c2cn3cccc(OC)c3n2)cc1. The van der Waals surface area contributed by atoms with Gasteiger partial charge in [-0.3, -0.25) is 0 Å². The van der Waals surface area contributed by atoms with Crippen LogP contribution in [-0.4, -0.2) is 23.1 Å². The van der Waals surface area contributed by atoms with Gasteiger partial charge in [0.25, 0.3) is 0 Å². The van der Waals surface area contributed by atoms with Crippen molar-refractivity contribution in [2.45, 2.75) is 6.92 Å². The van der Waals surface area contributed by atoms with Crippen molar-refractivity contribution in [3.05, 3.63) is 60.9 Å². The minimum atomic E-state index is 0.533. The van der Waals surface area contributed by atoms with E-state index in [9.17, 15) is 0 Å². The molecule has 22 heavy (non-hydrogen) atoms. The Bertz CT molecular complexity index is 804. The first-order chi connectivity index (χ1) is 10.7. The van der Waals surface area contributed by atoms with Gasteiger partial charge in [0, 0.05) is 18.0 Å². The number of hydrogen-bond acceptors (Lipinski definition) is 3. The van der Waals surface area contributed by atoms with E-state index in [2.05, 4.69) is 11.6 Å². The highest BCUT2D eigenvalue weighted by atomic mass is 16.5. The van der Waals surface area contributed by atoms with Crippen molar-refractivity contribution in [3.8, 4) is 22.8 Å². The number of pyridine rings is 1. The largest absolute Gasteiger partial charge is 0.493 e. The lowest BCUT2D eigenvalue weighted by Gasteiger charge is -2.05. The third kappa shape index (κ3) is 2.81. The van der Waals surface area contributed by atoms with Crippen molar-refractivity contribution < 1.29 is 9.47 Å². The zero-order valence-electron chi connectivity index (χ0n) is 12.7. The van der Waals surface area contributed by atoms with Gasteiger partial charge in [-0.15, -0.1) is 0 Å². The highest BCUT2D eigenvalue weighted by Crippen LogP contribution is 2.25. The topological polar surface area (TPSA) is 35.8 Å². The molecule has 0 bridgehead atoms. The lowest BCUT2D eigenvalue weighted by atomic mass is 10.1. The normalized spacial score (nSPS) is 10.6. The quantitative estimate of drug-likeness (QED) is 0.668. The molecule has 0 aliphatic rings. The van der Waals surface area contributed by atoms with Crippen molar-refractivity contribution in [3.63, 3.8) is 0 Å². The minimum absolute atomic E-state index is 0.533. The molecule has 0 radical (unpaired) electrons. The number of nitrogens with zero attached hydrogens (tertiary/aromatic N) is 2. The number of imidazole rings is 1. The fraction of sp³-hybridized carbons (Fsp3) is 0.167. The van der Waals surface area contributed by atoms with E-state index < -0.39 is 0 Å². The molecule has 0 amide bonds. The third-order valence-electron chi connectivity index (χ3n) is 3.30. The van der Waals surface area contributed by atoms with Crippen LogP contribution in [0.15, 0.2) is 60.9 Å². The average Bonchev–Trinajstić information content (AvgIpc) is 2.97. The summed E-state index contributed by atoms with van der Waals surface area (Å²) in [5.41, 5.74) is 3.74. The van der Waals surface area contributed by atoms with Crippen molar-refractivity contribution >= 4 is 5.65 Å². The summed E-state index contributed by atoms with van der Waals surface area (Å²) in [5, 5.41) is 0. The molecule has 1 aromatic carbocycles. The molecule has 0 fully saturated rings. The van der Waals surface area contributed by atoms with E-state index >= 15 is 0 Å². The Balaban J connectivity index is 1.89. The van der Waals surface area contributed by atoms with E-state index in [4.69, 9.17) is 9.47 Å². The zero-order valence-corrected chi connectivity index (χ0v) is 12.7. The van der Waals surface area contributed by atoms with E-state index in [0.717, 1.165) is 34.0 Å². The van der Waals surface area contributed by atoms with Crippen LogP contribution in [0.25, 0.3) is 16.9 Å². The van der Waals surface area contributed by atoms with E-state index in [0.29, 0.717) is 6.61 Å². The van der Waals surface area contributed by atoms with Gasteiger partial charge in [0.1, 0.15) is 12.4 Å². The Morgan fingerprint density at radius 2 is 2.00 bits per heavy atom. The second-order valence-electron chi connectivity index (χ2n) is 5.20. The second kappa shape index (κ2) is 5.93. The molecular weight excluding hydrogens is 276 g/mol. The Labute approximate surface area is 129 Å². The number of fused-ring (bicyclic) bond motifs is 1. The molecule has 0 saturated heterocycles. The lowest BCUT2D eigenvalue weighted by Crippen LogP contribution is -1.97. The number of hydrogen-bond donors (Lipinski definition) is 0. The van der Waals surface area contributed by atoms with Crippen LogP contribution in [-0.2, 0) is 0 Å². The lowest BCUT2D eigenvalue weighted by molar-refractivity contribution is 0.353. The third-order valence-corrected chi connectivity index (χ3v) is 3.30. The molecule has 0 unspecified atom stereocenters. The van der Waals surface area contributed by atoms with Crippen molar-refractivity contribution in [1.29, 1.82) is 0 Å². The van der Waals surface area contributed by atoms with Gasteiger partial charge in [-0.05, 0) is 48.9 Å². The van der Waals surface area contributed by atoms with Gasteiger partial charge in [0.05, 0.1) is 12.8 Å². The first kappa shape index (κ1) is 14.2. The van der Waals surface area contributed by atoms with Crippen LogP contribution in [0.2, 0.25) is 0 Å². The highest BCUT2D eigenvalue weighted by Gasteiger charge is 2.08. The molecule has 0 N–H and O–H groups in total. The Kier molecular flexibility index (Phi) is 3.83. The fourth-order valence-corrected chi connectivity index (χ4v) is 2.21. The molecule has 0 spiro atoms. The molecule has 2 aromatic heterocycles. The molecule has 4 heteroatoms. The minimum Gasteiger partial charge on any atom is -0.493 e. The van der Waals surface area contributed by atoms with E-state index in [-0.39, 0.29) is 0 Å². The van der Waals surface area contributed by atoms with Crippen LogP contribution < -0.4 is 9.47 Å². The van der Waals surface area contributed by atoms with Crippen molar-refractivity contribution in [2.75, 3.05) is 13.7 Å². The summed E-state index contributed by atoms with van der Waals surface area (Å²) in [6.45, 7) is 6.30. The van der Waals surface area contributed by atoms with Gasteiger partial charge in [-0.1, -0.05) is 6.58 Å². The van der Waals surface area contributed by atoms with Crippen LogP contribution >= 0.6 is 0 Å². The summed E-state index contributed by atoms with van der Waals surface area (Å²) >= 11 is 0. The summed E-state index contributed by atoms with van der Waals surface area (Å²) in [5.74, 6) is 1.59. The second-order valence-corrected chi connectivity index (χ2v) is 5.20. The standard InChI is InChI=1S/C18H18N2O2/c1-13(2)12-22-15-8-6-14(7-9-15)16-11-20-10-4-5-17(21-3)18(20)19-16/h4-11H,1,12H2,2-3H3. The van der Waals surface area contributed by atoms with Gasteiger partial charge in [0.15, 0.2) is 11.4 Å². The van der Waals surface area contributed by atoms with Crippen molar-refractivity contribution in [2.24, 2.45) is 0 Å². The molecule has 0 saturated carbocycles. The highest BCUT2D eigenvalue weighted by molar-refractivity contribution is 5.66. The summed E-state index contributed by atoms with van der Waals surface area (Å²) in [7, 11) is 1.65. The Hall–Kier alpha value is -2.75. The molecule has 0 aliphatic carbocycles. The number of methoxy groups -OCH3 is 1. The van der Waals surface area contributed by atoms with Gasteiger partial charge in [0.2, 0.25) is 0 Å². The van der Waals surface area contributed by atoms with Gasteiger partial charge >= 0.3 is 0 Å². The monoisotopic (exact) mass is 294 g/mol. The van der Waals surface area contributed by atoms with E-state index in [1.807, 2.05) is 60.1 Å². The van der Waals surface area contributed by atoms with E-state index in [1.165, 1.54) is 0 Å². The van der Waals surface area contributed by atoms with Crippen LogP contribution in [0, 0.1) is 0 Å². The summed E-state index contributed by atoms with van der Waals surface area (Å²) in [6, 6.07) is 11.7. The molecule has 4 nitrogen and oxygen atoms in total. The number of benzene rings is 1. The Morgan fingerprint density at radius 3 is 2.68 bits per heavy atom. The molecule has 3 rings (SSSR count). The molecule has 3 aromatic rings. The van der Waals surface area contributed by atoms with Gasteiger partial charge in [-0.25, -0.2) is 4.98 Å². The molecule has 2 heterocycles. The van der Waals surface area contributed by atoms with Crippen molar-refractivity contribution in [1.82, 2.24) is 9.38 Å². The maximum absolute atomic E-state index is 5.61. The Morgan fingerprint density at radius 1 is 1.23 bits per heavy atom. The summed E-state index contributed by atoms with van der Waals surface area (Å²) < 4.78 is 12.9. The fourth-order valence-electron chi connectivity index (χ4n) is 2.21. The van der Waals surface area contributed by atoms with Gasteiger partial charge in [-0.2, -0.15) is 0 Å². The van der Waals surface area contributed by atoms with Gasteiger partial charge < -0.3 is 13.9 Å².